The molecule has 108 heavy (non-hydrogen) atoms. The van der Waals surface area contributed by atoms with Gasteiger partial charge in [0, 0.05) is 130 Å². The Balaban J connectivity index is 0. The molecule has 0 radical (unpaired) electrons. The molecule has 3 fully saturated rings. The lowest BCUT2D eigenvalue weighted by Crippen LogP contribution is -2.64. The molecule has 634 valence electrons. The first-order chi connectivity index (χ1) is 50.2. The summed E-state index contributed by atoms with van der Waals surface area (Å²) >= 11 is 0. The Hall–Kier alpha value is -4.85. The van der Waals surface area contributed by atoms with E-state index in [0.29, 0.717) is 122 Å². The minimum Gasteiger partial charge on any atom is -0.394 e. The van der Waals surface area contributed by atoms with Crippen molar-refractivity contribution in [3.63, 3.8) is 0 Å². The highest BCUT2D eigenvalue weighted by Gasteiger charge is 2.46. The van der Waals surface area contributed by atoms with Gasteiger partial charge in [-0.1, -0.05) is 76.2 Å². The molecular weight excluding hydrogens is 1410 g/mol. The fraction of sp³-hybridized carbons (Fsp3) is 0.882. The van der Waals surface area contributed by atoms with Crippen LogP contribution in [0.3, 0.4) is 0 Å². The van der Waals surface area contributed by atoms with Gasteiger partial charge in [-0.05, 0) is 102 Å². The summed E-state index contributed by atoms with van der Waals surface area (Å²) in [6, 6.07) is -1.96. The molecule has 16 atom stereocenters. The van der Waals surface area contributed by atoms with Gasteiger partial charge < -0.3 is 111 Å². The average Bonchev–Trinajstić information content (AvgIpc) is 0.822. The highest BCUT2D eigenvalue weighted by Crippen LogP contribution is 2.29. The van der Waals surface area contributed by atoms with Crippen molar-refractivity contribution in [3.05, 3.63) is 0 Å². The van der Waals surface area contributed by atoms with E-state index < -0.39 is 129 Å². The number of rotatable bonds is 57. The Bertz CT molecular complexity index is 2430. The molecule has 3 saturated heterocycles. The van der Waals surface area contributed by atoms with Crippen molar-refractivity contribution < 1.29 is 122 Å². The van der Waals surface area contributed by atoms with E-state index in [1.807, 2.05) is 0 Å². The molecule has 0 saturated carbocycles. The van der Waals surface area contributed by atoms with Gasteiger partial charge in [0.25, 0.3) is 0 Å². The summed E-state index contributed by atoms with van der Waals surface area (Å²) in [5, 5.41) is 107. The number of ketones is 3. The zero-order valence-electron chi connectivity index (χ0n) is 63.6. The van der Waals surface area contributed by atoms with Crippen molar-refractivity contribution in [3.8, 4) is 0 Å². The van der Waals surface area contributed by atoms with Crippen LogP contribution >= 0.6 is 0 Å². The Morgan fingerprint density at radius 1 is 0.398 bits per heavy atom. The molecular formula is C76H145N7O25. The van der Waals surface area contributed by atoms with E-state index in [4.69, 9.17) is 33.2 Å². The molecule has 0 aliphatic carbocycles. The number of aliphatic hydroxyl groups is 9. The van der Waals surface area contributed by atoms with E-state index >= 15 is 0 Å². The number of Topliss-reactive ketones (excluding diaryl/α,β-unsaturated/α-hetero) is 3. The molecule has 15 N–H and O–H groups in total. The summed E-state index contributed by atoms with van der Waals surface area (Å²) in [6.45, 7) is 11.3. The number of hydrogen-bond donors (Lipinski definition) is 15. The molecule has 3 aliphatic heterocycles. The third-order valence-corrected chi connectivity index (χ3v) is 18.2. The van der Waals surface area contributed by atoms with Crippen LogP contribution in [0.2, 0.25) is 0 Å². The zero-order valence-corrected chi connectivity index (χ0v) is 63.6. The van der Waals surface area contributed by atoms with Crippen molar-refractivity contribution in [2.75, 3.05) is 99.2 Å². The molecule has 32 nitrogen and oxygen atoms in total. The highest BCUT2D eigenvalue weighted by molar-refractivity contribution is 5.88. The first-order valence-electron chi connectivity index (χ1n) is 38.3. The number of nitrogens with one attached hydrogen (secondary N) is 6. The first kappa shape index (κ1) is 105. The van der Waals surface area contributed by atoms with E-state index in [1.54, 1.807) is 18.7 Å². The van der Waals surface area contributed by atoms with Crippen LogP contribution in [-0.4, -0.2) is 289 Å². The molecule has 0 aromatic rings. The van der Waals surface area contributed by atoms with Crippen LogP contribution in [-0.2, 0) is 76.3 Å². The lowest BCUT2D eigenvalue weighted by molar-refractivity contribution is -0.282. The number of carbonyl (C=O) groups excluding carboxylic acids is 9. The molecule has 3 heterocycles. The van der Waals surface area contributed by atoms with Gasteiger partial charge in [0.05, 0.1) is 57.8 Å². The summed E-state index contributed by atoms with van der Waals surface area (Å²) in [5.41, 5.74) is 0. The normalized spacial score (nSPS) is 24.1. The second-order valence-electron chi connectivity index (χ2n) is 28.4. The van der Waals surface area contributed by atoms with E-state index in [1.165, 1.54) is 14.0 Å². The molecule has 0 aromatic heterocycles. The molecule has 3 aliphatic rings. The van der Waals surface area contributed by atoms with Crippen LogP contribution in [0, 0.1) is 17.8 Å². The van der Waals surface area contributed by atoms with Gasteiger partial charge in [-0.15, -0.1) is 0 Å². The Morgan fingerprint density at radius 3 is 1.19 bits per heavy atom. The summed E-state index contributed by atoms with van der Waals surface area (Å²) < 4.78 is 39.1. The van der Waals surface area contributed by atoms with Crippen LogP contribution in [0.15, 0.2) is 0 Å². The fourth-order valence-electron chi connectivity index (χ4n) is 12.0. The van der Waals surface area contributed by atoms with Gasteiger partial charge in [-0.25, -0.2) is 0 Å². The zero-order chi connectivity index (χ0) is 78.1. The van der Waals surface area contributed by atoms with Crippen LogP contribution in [0.1, 0.15) is 231 Å². The molecule has 0 spiro atoms. The maximum absolute atomic E-state index is 14.4. The quantitative estimate of drug-likeness (QED) is 0.0389. The topological polar surface area (TPSA) is 476 Å². The van der Waals surface area contributed by atoms with Gasteiger partial charge in [0.15, 0.2) is 18.9 Å². The van der Waals surface area contributed by atoms with E-state index in [9.17, 15) is 89.1 Å². The molecule has 32 heteroatoms. The Labute approximate surface area is 643 Å². The number of amides is 6. The summed E-state index contributed by atoms with van der Waals surface area (Å²) in [6.07, 6.45) is -2.98. The number of carbonyl (C=O) groups is 9. The van der Waals surface area contributed by atoms with Gasteiger partial charge in [0.1, 0.15) is 66.1 Å². The molecule has 6 amide bonds. The van der Waals surface area contributed by atoms with Gasteiger partial charge >= 0.3 is 0 Å². The summed E-state index contributed by atoms with van der Waals surface area (Å²) in [4.78, 5) is 119. The predicted molar refractivity (Wildman–Crippen MR) is 405 cm³/mol. The summed E-state index contributed by atoms with van der Waals surface area (Å²) in [5.74, 6) is -2.36. The van der Waals surface area contributed by atoms with Gasteiger partial charge in [-0.3, -0.25) is 48.1 Å². The maximum atomic E-state index is 14.4. The number of hydrogen-bond acceptors (Lipinski definition) is 26. The lowest BCUT2D eigenvalue weighted by atomic mass is 9.92. The van der Waals surface area contributed by atoms with Crippen LogP contribution in [0.4, 0.5) is 0 Å². The SMILES string of the molecule is C.C.C.CC(C)C.COCCC(=O)CCCC(=O)NCCCCC(C(=O)CCCCNC(=O)CCCCCO[C@@H]1OC(CO)[C@H](O)[C@H](O)C1C)N(CC(=O)CCCCNC(=O)CCCCCO[C@@H]1OC(CO)[C@H](O)[C@H](O)C1NC(C)=O)CC(=O)NCCCNC(=O)CCCCCO[C@@H]1OC(CO)[C@H](O)[C@H](O)C1C. The Kier molecular flexibility index (Phi) is 61.0. The predicted octanol–water partition coefficient (Wildman–Crippen LogP) is 2.45. The average molecular weight is 1560 g/mol. The van der Waals surface area contributed by atoms with E-state index in [-0.39, 0.29) is 180 Å². The van der Waals surface area contributed by atoms with Crippen LogP contribution < -0.4 is 31.9 Å². The van der Waals surface area contributed by atoms with Crippen molar-refractivity contribution in [1.29, 1.82) is 0 Å². The largest absolute Gasteiger partial charge is 0.394 e. The monoisotopic (exact) mass is 1560 g/mol. The molecule has 3 rings (SSSR count). The number of methoxy groups -OCH3 is 1. The van der Waals surface area contributed by atoms with Gasteiger partial charge in [0.2, 0.25) is 35.4 Å². The van der Waals surface area contributed by atoms with Crippen molar-refractivity contribution >= 4 is 52.8 Å². The van der Waals surface area contributed by atoms with E-state index in [0.717, 1.165) is 5.92 Å². The Morgan fingerprint density at radius 2 is 0.759 bits per heavy atom. The highest BCUT2D eigenvalue weighted by atomic mass is 16.7. The molecule has 7 unspecified atom stereocenters. The second kappa shape index (κ2) is 62.7. The van der Waals surface area contributed by atoms with E-state index in [2.05, 4.69) is 52.7 Å². The minimum atomic E-state index is -1.44. The van der Waals surface area contributed by atoms with Crippen molar-refractivity contribution in [2.24, 2.45) is 17.8 Å². The smallest absolute Gasteiger partial charge is 0.234 e. The lowest BCUT2D eigenvalue weighted by Gasteiger charge is -2.42. The third-order valence-electron chi connectivity index (χ3n) is 18.2. The van der Waals surface area contributed by atoms with Crippen molar-refractivity contribution in [2.45, 2.75) is 317 Å². The number of aliphatic hydroxyl groups excluding tert-OH is 9. The second-order valence-corrected chi connectivity index (χ2v) is 28.4. The maximum Gasteiger partial charge on any atom is 0.234 e. The third kappa shape index (κ3) is 45.0. The summed E-state index contributed by atoms with van der Waals surface area (Å²) in [7, 11) is 1.51. The van der Waals surface area contributed by atoms with Crippen LogP contribution in [0.5, 0.6) is 0 Å². The number of nitrogens with zero attached hydrogens (tertiary/aromatic N) is 1. The standard InChI is InChI=1S/C69H123N7O25.C4H10.3CH4/c1-45-61(89)63(91)52(42-77)99-67(45)96-36-17-5-8-26-56(85)71-33-16-13-25-51(83)50(24-12-15-32-72-58(87)29-20-23-48(81)30-39-95-4)76(41-59(88)74-35-21-34-73-57(86)28-9-6-18-37-97-68-46(2)62(90)64(92)53(43-78)100-68)40-49(82)22-11-14-31-70-55(84)27-10-7-19-38-98-69-60(75-47(3)80)66(94)65(93)54(44-79)101-69;1-4(2)3;;;/h45-46,50,52-54,60-69,77-79,89-94H,5-44H2,1-4H3,(H,70,84)(H,71,85)(H,72,87)(H,73,86)(H,74,88)(H,75,80);4H,1-3H3;3*1H4/t45?,46?,50?,52?,53?,54?,60?,61-,62-,63+,64+,65+,66-,67-,68-,69-;;;;/m1..../s1. The molecule has 0 aromatic carbocycles. The van der Waals surface area contributed by atoms with Crippen molar-refractivity contribution in [1.82, 2.24) is 36.8 Å². The fourth-order valence-corrected chi connectivity index (χ4v) is 12.0. The molecule has 0 bridgehead atoms. The first-order valence-corrected chi connectivity index (χ1v) is 38.3. The number of unbranched alkanes of at least 4 members (excludes halogenated alkanes) is 9. The minimum absolute atomic E-state index is 0. The number of ether oxygens (including phenoxy) is 7. The van der Waals surface area contributed by atoms with Gasteiger partial charge in [-0.2, -0.15) is 0 Å². The van der Waals surface area contributed by atoms with Crippen LogP contribution in [0.25, 0.3) is 0 Å².